The number of carbonyl (C=O) groups excluding carboxylic acids is 2. The van der Waals surface area contributed by atoms with E-state index in [0.717, 1.165) is 11.3 Å². The Bertz CT molecular complexity index is 902. The van der Waals surface area contributed by atoms with Crippen molar-refractivity contribution in [2.24, 2.45) is 0 Å². The van der Waals surface area contributed by atoms with Crippen molar-refractivity contribution in [1.82, 2.24) is 19.6 Å². The molecule has 0 bridgehead atoms. The number of aryl methyl sites for hydroxylation is 1. The maximum atomic E-state index is 12.3. The molecule has 0 aromatic carbocycles. The highest BCUT2D eigenvalue weighted by Gasteiger charge is 2.20. The van der Waals surface area contributed by atoms with Gasteiger partial charge in [-0.1, -0.05) is 0 Å². The highest BCUT2D eigenvalue weighted by atomic mass is 32.1. The first-order chi connectivity index (χ1) is 11.6. The van der Waals surface area contributed by atoms with Crippen molar-refractivity contribution in [2.75, 3.05) is 6.61 Å². The average Bonchev–Trinajstić information content (AvgIpc) is 3.16. The van der Waals surface area contributed by atoms with E-state index in [1.165, 1.54) is 4.52 Å². The van der Waals surface area contributed by atoms with Gasteiger partial charge in [0.05, 0.1) is 18.0 Å². The molecule has 9 heteroatoms. The van der Waals surface area contributed by atoms with Gasteiger partial charge < -0.3 is 9.47 Å². The predicted octanol–water partition coefficient (Wildman–Crippen LogP) is 2.03. The highest BCUT2D eigenvalue weighted by molar-refractivity contribution is 7.11. The molecule has 0 N–H and O–H groups in total. The third-order valence-corrected chi connectivity index (χ3v) is 4.00. The Morgan fingerprint density at radius 1 is 1.29 bits per heavy atom. The van der Waals surface area contributed by atoms with Crippen LogP contribution in [0.15, 0.2) is 23.8 Å². The molecule has 3 aromatic heterocycles. The monoisotopic (exact) mass is 346 g/mol. The number of thiazole rings is 1. The van der Waals surface area contributed by atoms with Gasteiger partial charge >= 0.3 is 11.9 Å². The molecular weight excluding hydrogens is 332 g/mol. The van der Waals surface area contributed by atoms with Crippen LogP contribution < -0.4 is 0 Å². The highest BCUT2D eigenvalue weighted by Crippen LogP contribution is 2.16. The van der Waals surface area contributed by atoms with E-state index in [-0.39, 0.29) is 18.2 Å². The Hall–Kier alpha value is -2.81. The van der Waals surface area contributed by atoms with Gasteiger partial charge in [0.2, 0.25) is 5.01 Å². The molecule has 0 radical (unpaired) electrons. The zero-order valence-corrected chi connectivity index (χ0v) is 13.9. The first-order valence-electron chi connectivity index (χ1n) is 7.18. The second kappa shape index (κ2) is 6.75. The second-order valence-electron chi connectivity index (χ2n) is 4.79. The fourth-order valence-electron chi connectivity index (χ4n) is 2.11. The first-order valence-corrected chi connectivity index (χ1v) is 8.06. The predicted molar refractivity (Wildman–Crippen MR) is 84.9 cm³/mol. The molecule has 0 aliphatic carbocycles. The minimum atomic E-state index is -0.535. The van der Waals surface area contributed by atoms with Crippen LogP contribution in [0.1, 0.15) is 38.5 Å². The van der Waals surface area contributed by atoms with Crippen molar-refractivity contribution in [1.29, 1.82) is 0 Å². The summed E-state index contributed by atoms with van der Waals surface area (Å²) in [5.74, 6) is -1.02. The zero-order chi connectivity index (χ0) is 17.1. The molecule has 124 valence electrons. The molecular formula is C15H14N4O4S. The summed E-state index contributed by atoms with van der Waals surface area (Å²) >= 11 is 1.15. The number of fused-ring (bicyclic) bond motifs is 1. The fraction of sp³-hybridized carbons (Fsp3) is 0.267. The molecule has 3 aromatic rings. The van der Waals surface area contributed by atoms with Crippen LogP contribution >= 0.6 is 11.3 Å². The van der Waals surface area contributed by atoms with Gasteiger partial charge in [0.1, 0.15) is 12.2 Å². The summed E-state index contributed by atoms with van der Waals surface area (Å²) < 4.78 is 11.7. The van der Waals surface area contributed by atoms with Crippen LogP contribution in [0.2, 0.25) is 0 Å². The van der Waals surface area contributed by atoms with Crippen LogP contribution in [0, 0.1) is 6.92 Å². The first kappa shape index (κ1) is 16.1. The summed E-state index contributed by atoms with van der Waals surface area (Å²) in [7, 11) is 0. The Labute approximate surface area is 141 Å². The van der Waals surface area contributed by atoms with E-state index in [2.05, 4.69) is 15.1 Å². The normalized spacial score (nSPS) is 10.8. The number of aromatic nitrogens is 4. The standard InChI is InChI=1S/C15H14N4O4S/c1-3-22-15(21)13-17-10(8-24-13)7-23-14(20)11-9(2)18-19-6-4-5-16-12(11)19/h4-6,8H,3,7H2,1-2H3. The lowest BCUT2D eigenvalue weighted by molar-refractivity contribution is 0.0469. The Balaban J connectivity index is 1.71. The van der Waals surface area contributed by atoms with E-state index in [1.807, 2.05) is 0 Å². The number of carbonyl (C=O) groups is 2. The number of hydrogen-bond donors (Lipinski definition) is 0. The molecule has 0 saturated carbocycles. The van der Waals surface area contributed by atoms with Crippen molar-refractivity contribution in [2.45, 2.75) is 20.5 Å². The number of nitrogens with zero attached hydrogens (tertiary/aromatic N) is 4. The van der Waals surface area contributed by atoms with Crippen LogP contribution in [-0.4, -0.2) is 38.1 Å². The minimum Gasteiger partial charge on any atom is -0.461 e. The van der Waals surface area contributed by atoms with E-state index < -0.39 is 11.9 Å². The molecule has 3 rings (SSSR count). The summed E-state index contributed by atoms with van der Waals surface area (Å²) in [6.45, 7) is 3.68. The second-order valence-corrected chi connectivity index (χ2v) is 5.65. The van der Waals surface area contributed by atoms with Crippen molar-refractivity contribution in [3.8, 4) is 0 Å². The maximum Gasteiger partial charge on any atom is 0.367 e. The number of hydrogen-bond acceptors (Lipinski definition) is 8. The van der Waals surface area contributed by atoms with E-state index >= 15 is 0 Å². The van der Waals surface area contributed by atoms with Crippen LogP contribution in [0.4, 0.5) is 0 Å². The van der Waals surface area contributed by atoms with Gasteiger partial charge in [-0.15, -0.1) is 11.3 Å². The lowest BCUT2D eigenvalue weighted by Gasteiger charge is -2.02. The van der Waals surface area contributed by atoms with E-state index in [1.54, 1.807) is 37.7 Å². The third-order valence-electron chi connectivity index (χ3n) is 3.13. The van der Waals surface area contributed by atoms with Crippen LogP contribution in [0.5, 0.6) is 0 Å². The lowest BCUT2D eigenvalue weighted by atomic mass is 10.2. The van der Waals surface area contributed by atoms with Gasteiger partial charge in [-0.3, -0.25) is 0 Å². The molecule has 0 saturated heterocycles. The average molecular weight is 346 g/mol. The quantitative estimate of drug-likeness (QED) is 0.652. The Morgan fingerprint density at radius 3 is 2.92 bits per heavy atom. The number of rotatable bonds is 5. The van der Waals surface area contributed by atoms with E-state index in [9.17, 15) is 9.59 Å². The van der Waals surface area contributed by atoms with Gasteiger partial charge in [-0.25, -0.2) is 24.1 Å². The van der Waals surface area contributed by atoms with Crippen LogP contribution in [0.3, 0.4) is 0 Å². The summed E-state index contributed by atoms with van der Waals surface area (Å²) in [5, 5.41) is 6.10. The fourth-order valence-corrected chi connectivity index (χ4v) is 2.80. The number of ether oxygens (including phenoxy) is 2. The Kier molecular flexibility index (Phi) is 4.52. The van der Waals surface area contributed by atoms with Gasteiger partial charge in [0, 0.05) is 17.8 Å². The zero-order valence-electron chi connectivity index (χ0n) is 13.1. The Morgan fingerprint density at radius 2 is 2.12 bits per heavy atom. The summed E-state index contributed by atoms with van der Waals surface area (Å²) in [5.41, 5.74) is 1.77. The largest absolute Gasteiger partial charge is 0.461 e. The molecule has 8 nitrogen and oxygen atoms in total. The summed E-state index contributed by atoms with van der Waals surface area (Å²) in [6, 6.07) is 1.72. The summed E-state index contributed by atoms with van der Waals surface area (Å²) in [4.78, 5) is 32.1. The van der Waals surface area contributed by atoms with Crippen LogP contribution in [0.25, 0.3) is 5.65 Å². The smallest absolute Gasteiger partial charge is 0.367 e. The van der Waals surface area contributed by atoms with E-state index in [0.29, 0.717) is 22.6 Å². The maximum absolute atomic E-state index is 12.3. The number of esters is 2. The summed E-state index contributed by atoms with van der Waals surface area (Å²) in [6.07, 6.45) is 3.29. The van der Waals surface area contributed by atoms with Gasteiger partial charge in [-0.05, 0) is 19.9 Å². The van der Waals surface area contributed by atoms with Crippen molar-refractivity contribution < 1.29 is 19.1 Å². The molecule has 0 unspecified atom stereocenters. The van der Waals surface area contributed by atoms with Gasteiger partial charge in [-0.2, -0.15) is 5.10 Å². The SMILES string of the molecule is CCOC(=O)c1nc(COC(=O)c2c(C)nn3cccnc23)cs1. The van der Waals surface area contributed by atoms with Gasteiger partial charge in [0.25, 0.3) is 0 Å². The van der Waals surface area contributed by atoms with Crippen molar-refractivity contribution >= 4 is 28.9 Å². The molecule has 0 aliphatic rings. The van der Waals surface area contributed by atoms with Crippen molar-refractivity contribution in [3.05, 3.63) is 45.8 Å². The third kappa shape index (κ3) is 3.11. The molecule has 24 heavy (non-hydrogen) atoms. The molecule has 0 atom stereocenters. The molecule has 3 heterocycles. The lowest BCUT2D eigenvalue weighted by Crippen LogP contribution is -2.08. The minimum absolute atomic E-state index is 0.0433. The van der Waals surface area contributed by atoms with Crippen LogP contribution in [-0.2, 0) is 16.1 Å². The van der Waals surface area contributed by atoms with E-state index in [4.69, 9.17) is 9.47 Å². The molecule has 0 amide bonds. The molecule has 0 spiro atoms. The van der Waals surface area contributed by atoms with Crippen molar-refractivity contribution in [3.63, 3.8) is 0 Å². The van der Waals surface area contributed by atoms with Gasteiger partial charge in [0.15, 0.2) is 5.65 Å². The molecule has 0 aliphatic heterocycles. The molecule has 0 fully saturated rings. The topological polar surface area (TPSA) is 95.7 Å².